The molecule has 9 rings (SSSR count). The van der Waals surface area contributed by atoms with E-state index in [9.17, 15) is 0 Å². The van der Waals surface area contributed by atoms with E-state index in [4.69, 9.17) is 0 Å². The van der Waals surface area contributed by atoms with Gasteiger partial charge in [0, 0.05) is 45.9 Å². The summed E-state index contributed by atoms with van der Waals surface area (Å²) in [5, 5.41) is 2.68. The second kappa shape index (κ2) is 13.6. The predicted octanol–water partition coefficient (Wildman–Crippen LogP) is 14.9. The van der Waals surface area contributed by atoms with Crippen LogP contribution in [0.5, 0.6) is 0 Å². The molecular formula is C54H54N2. The zero-order valence-corrected chi connectivity index (χ0v) is 34.4. The van der Waals surface area contributed by atoms with Crippen molar-refractivity contribution in [2.45, 2.75) is 85.0 Å². The van der Waals surface area contributed by atoms with Crippen LogP contribution in [0.1, 0.15) is 95.5 Å². The highest BCUT2D eigenvalue weighted by Gasteiger charge is 2.39. The fourth-order valence-corrected chi connectivity index (χ4v) is 9.66. The van der Waals surface area contributed by atoms with Crippen LogP contribution in [0.15, 0.2) is 139 Å². The van der Waals surface area contributed by atoms with Crippen molar-refractivity contribution in [2.75, 3.05) is 11.9 Å². The van der Waals surface area contributed by atoms with Gasteiger partial charge in [-0.2, -0.15) is 0 Å². The highest BCUT2D eigenvalue weighted by atomic mass is 15.1. The van der Waals surface area contributed by atoms with E-state index in [1.807, 2.05) is 0 Å². The number of para-hydroxylation sites is 2. The first-order chi connectivity index (χ1) is 27.0. The molecule has 280 valence electrons. The van der Waals surface area contributed by atoms with Gasteiger partial charge in [-0.05, 0) is 130 Å². The van der Waals surface area contributed by atoms with Crippen LogP contribution >= 0.6 is 0 Å². The minimum absolute atomic E-state index is 0.0946. The lowest BCUT2D eigenvalue weighted by Crippen LogP contribution is -2.18. The number of fused-ring (bicyclic) bond motifs is 7. The maximum Gasteiger partial charge on any atom is 0.0544 e. The van der Waals surface area contributed by atoms with Gasteiger partial charge in [-0.15, -0.1) is 0 Å². The highest BCUT2D eigenvalue weighted by Crippen LogP contribution is 2.54. The third-order valence-electron chi connectivity index (χ3n) is 12.7. The average molecular weight is 731 g/mol. The largest absolute Gasteiger partial charge is 0.344 e. The van der Waals surface area contributed by atoms with E-state index in [-0.39, 0.29) is 10.8 Å². The first-order valence-electron chi connectivity index (χ1n) is 20.6. The molecule has 0 aliphatic heterocycles. The second-order valence-electron chi connectivity index (χ2n) is 17.7. The van der Waals surface area contributed by atoms with E-state index < -0.39 is 0 Å². The van der Waals surface area contributed by atoms with E-state index in [1.165, 1.54) is 100 Å². The van der Waals surface area contributed by atoms with Crippen LogP contribution in [-0.4, -0.2) is 11.6 Å². The minimum Gasteiger partial charge on any atom is -0.344 e. The fraction of sp³-hybridized carbons (Fsp3) is 0.259. The quantitative estimate of drug-likeness (QED) is 0.159. The molecule has 0 saturated carbocycles. The molecule has 7 aromatic rings. The third-order valence-corrected chi connectivity index (χ3v) is 12.7. The molecule has 0 spiro atoms. The lowest BCUT2D eigenvalue weighted by molar-refractivity contribution is 0.585. The van der Waals surface area contributed by atoms with Crippen LogP contribution in [0.4, 0.5) is 11.4 Å². The van der Waals surface area contributed by atoms with Gasteiger partial charge in [0.05, 0.1) is 11.0 Å². The summed E-state index contributed by atoms with van der Waals surface area (Å²) in [6.07, 6.45) is 9.11. The smallest absolute Gasteiger partial charge is 0.0544 e. The average Bonchev–Trinajstić information content (AvgIpc) is 3.66. The number of hydrogen-bond acceptors (Lipinski definition) is 1. The van der Waals surface area contributed by atoms with Gasteiger partial charge in [-0.1, -0.05) is 138 Å². The maximum absolute atomic E-state index is 2.49. The highest BCUT2D eigenvalue weighted by molar-refractivity contribution is 6.14. The zero-order chi connectivity index (χ0) is 38.9. The normalized spacial score (nSPS) is 14.8. The summed E-state index contributed by atoms with van der Waals surface area (Å²) in [5.74, 6) is 0. The maximum atomic E-state index is 2.49. The van der Waals surface area contributed by atoms with Crippen LogP contribution in [0.3, 0.4) is 0 Å². The van der Waals surface area contributed by atoms with Crippen LogP contribution in [0, 0.1) is 0 Å². The molecular weight excluding hydrogens is 677 g/mol. The first kappa shape index (κ1) is 36.1. The Labute approximate surface area is 333 Å². The Hall–Kier alpha value is -5.60. The zero-order valence-electron chi connectivity index (χ0n) is 34.4. The number of rotatable bonds is 7. The SMILES string of the molecule is CCCc1cc(N(C)c2ccccc2)c(-c2ccc(-n3c4ccccc4c4c5c(ccc43)-c3ccc(C(C)(C)C)cc3C5(C)C)cc2)cc1C1=C(C)CCC=C1. The molecule has 0 unspecified atom stereocenters. The van der Waals surface area contributed by atoms with E-state index >= 15 is 0 Å². The Morgan fingerprint density at radius 2 is 1.46 bits per heavy atom. The van der Waals surface area contributed by atoms with Gasteiger partial charge >= 0.3 is 0 Å². The Morgan fingerprint density at radius 1 is 0.732 bits per heavy atom. The molecule has 1 heterocycles. The third kappa shape index (κ3) is 5.76. The van der Waals surface area contributed by atoms with Gasteiger partial charge in [0.15, 0.2) is 0 Å². The molecule has 6 aromatic carbocycles. The van der Waals surface area contributed by atoms with Gasteiger partial charge in [-0.3, -0.25) is 0 Å². The molecule has 56 heavy (non-hydrogen) atoms. The van der Waals surface area contributed by atoms with E-state index in [0.29, 0.717) is 0 Å². The Kier molecular flexibility index (Phi) is 8.73. The molecule has 2 nitrogen and oxygen atoms in total. The van der Waals surface area contributed by atoms with Gasteiger partial charge in [0.1, 0.15) is 0 Å². The van der Waals surface area contributed by atoms with Crippen LogP contribution < -0.4 is 4.90 Å². The molecule has 0 bridgehead atoms. The van der Waals surface area contributed by atoms with Gasteiger partial charge in [0.25, 0.3) is 0 Å². The van der Waals surface area contributed by atoms with Crippen molar-refractivity contribution in [2.24, 2.45) is 0 Å². The van der Waals surface area contributed by atoms with Crippen molar-refractivity contribution in [3.63, 3.8) is 0 Å². The fourth-order valence-electron chi connectivity index (χ4n) is 9.66. The number of nitrogens with zero attached hydrogens (tertiary/aromatic N) is 2. The topological polar surface area (TPSA) is 8.17 Å². The van der Waals surface area contributed by atoms with Crippen molar-refractivity contribution in [1.82, 2.24) is 4.57 Å². The summed E-state index contributed by atoms with van der Waals surface area (Å²) < 4.78 is 2.49. The van der Waals surface area contributed by atoms with Crippen molar-refractivity contribution in [1.29, 1.82) is 0 Å². The Morgan fingerprint density at radius 3 is 2.20 bits per heavy atom. The van der Waals surface area contributed by atoms with Crippen LogP contribution in [0.2, 0.25) is 0 Å². The lowest BCUT2D eigenvalue weighted by Gasteiger charge is -2.26. The van der Waals surface area contributed by atoms with E-state index in [1.54, 1.807) is 0 Å². The second-order valence-corrected chi connectivity index (χ2v) is 17.7. The monoisotopic (exact) mass is 730 g/mol. The number of benzene rings is 6. The Balaban J connectivity index is 1.21. The van der Waals surface area contributed by atoms with E-state index in [2.05, 4.69) is 198 Å². The molecule has 0 saturated heterocycles. The van der Waals surface area contributed by atoms with Gasteiger partial charge in [0.2, 0.25) is 0 Å². The summed E-state index contributed by atoms with van der Waals surface area (Å²) in [6.45, 7) is 16.4. The number of anilines is 2. The number of aryl methyl sites for hydroxylation is 1. The van der Waals surface area contributed by atoms with E-state index in [0.717, 1.165) is 25.7 Å². The summed E-state index contributed by atoms with van der Waals surface area (Å²) in [6, 6.07) is 46.0. The van der Waals surface area contributed by atoms with Gasteiger partial charge in [-0.25, -0.2) is 0 Å². The molecule has 0 fully saturated rings. The Bertz CT molecular complexity index is 2710. The standard InChI is InChI=1S/C54H54N2/c1-9-17-37-32-50(55(8)39-19-11-10-12-20-39)46(34-45(37)41-21-14-13-18-35(41)2)36-24-27-40(28-25-36)56-48-23-16-15-22-44(48)51-49(56)31-30-43-42-29-26-38(53(3,4)5)33-47(42)54(6,7)52(43)51/h10-12,14-16,19-34H,9,13,17-18H2,1-8H3. The lowest BCUT2D eigenvalue weighted by atomic mass is 9.78. The van der Waals surface area contributed by atoms with Crippen molar-refractivity contribution >= 4 is 38.8 Å². The molecule has 0 N–H and O–H groups in total. The molecule has 1 aromatic heterocycles. The number of aromatic nitrogens is 1. The summed E-state index contributed by atoms with van der Waals surface area (Å²) in [4.78, 5) is 2.36. The molecule has 0 amide bonds. The minimum atomic E-state index is -0.131. The van der Waals surface area contributed by atoms with Gasteiger partial charge < -0.3 is 9.47 Å². The number of allylic oxidation sites excluding steroid dienone is 4. The van der Waals surface area contributed by atoms with Crippen LogP contribution in [-0.2, 0) is 17.3 Å². The van der Waals surface area contributed by atoms with Crippen molar-refractivity contribution < 1.29 is 0 Å². The summed E-state index contributed by atoms with van der Waals surface area (Å²) >= 11 is 0. The summed E-state index contributed by atoms with van der Waals surface area (Å²) in [7, 11) is 2.21. The molecule has 2 aliphatic carbocycles. The molecule has 2 heteroatoms. The predicted molar refractivity (Wildman–Crippen MR) is 242 cm³/mol. The van der Waals surface area contributed by atoms with Crippen molar-refractivity contribution in [3.05, 3.63) is 167 Å². The number of hydrogen-bond donors (Lipinski definition) is 0. The van der Waals surface area contributed by atoms with Crippen molar-refractivity contribution in [3.8, 4) is 27.9 Å². The molecule has 0 radical (unpaired) electrons. The molecule has 0 atom stereocenters. The summed E-state index contributed by atoms with van der Waals surface area (Å²) in [5.41, 5.74) is 21.2. The molecule has 2 aliphatic rings. The first-order valence-corrected chi connectivity index (χ1v) is 20.6. The van der Waals surface area contributed by atoms with Crippen LogP contribution in [0.25, 0.3) is 55.3 Å².